The van der Waals surface area contributed by atoms with Gasteiger partial charge in [-0.3, -0.25) is 0 Å². The fraction of sp³-hybridized carbons (Fsp3) is 0.400. The lowest BCUT2D eigenvalue weighted by atomic mass is 10.3. The molecule has 6 heteroatoms. The largest absolute Gasteiger partial charge is 0.488 e. The van der Waals surface area contributed by atoms with Gasteiger partial charge >= 0.3 is 0 Å². The van der Waals surface area contributed by atoms with Gasteiger partial charge in [0.25, 0.3) is 0 Å². The molecule has 16 heavy (non-hydrogen) atoms. The van der Waals surface area contributed by atoms with Crippen molar-refractivity contribution in [1.82, 2.24) is 4.31 Å². The molecule has 0 N–H and O–H groups in total. The van der Waals surface area contributed by atoms with Gasteiger partial charge in [0.1, 0.15) is 16.7 Å². The first-order valence-corrected chi connectivity index (χ1v) is 7.27. The van der Waals surface area contributed by atoms with Crippen LogP contribution in [0.2, 0.25) is 0 Å². The van der Waals surface area contributed by atoms with Crippen molar-refractivity contribution >= 4 is 26.0 Å². The fourth-order valence-electron chi connectivity index (χ4n) is 2.12. The van der Waals surface area contributed by atoms with Crippen molar-refractivity contribution in [1.29, 1.82) is 0 Å². The van der Waals surface area contributed by atoms with Gasteiger partial charge in [0.15, 0.2) is 0 Å². The van der Waals surface area contributed by atoms with E-state index in [1.807, 2.05) is 0 Å². The summed E-state index contributed by atoms with van der Waals surface area (Å²) in [5.41, 5.74) is 0. The molecule has 4 nitrogen and oxygen atoms in total. The molecule has 0 aromatic heterocycles. The van der Waals surface area contributed by atoms with Crippen LogP contribution in [-0.4, -0.2) is 31.9 Å². The third-order valence-corrected chi connectivity index (χ3v) is 5.32. The van der Waals surface area contributed by atoms with Gasteiger partial charge in [-0.15, -0.1) is 0 Å². The molecule has 2 bridgehead atoms. The normalized spacial score (nSPS) is 30.3. The maximum atomic E-state index is 12.2. The van der Waals surface area contributed by atoms with E-state index in [4.69, 9.17) is 4.74 Å². The topological polar surface area (TPSA) is 46.6 Å². The van der Waals surface area contributed by atoms with Crippen molar-refractivity contribution in [2.45, 2.75) is 17.4 Å². The first-order chi connectivity index (χ1) is 7.57. The summed E-state index contributed by atoms with van der Waals surface area (Å²) in [4.78, 5) is 0.276. The average Bonchev–Trinajstić information content (AvgIpc) is 2.62. The molecule has 0 amide bonds. The fourth-order valence-corrected chi connectivity index (χ4v) is 4.05. The van der Waals surface area contributed by atoms with E-state index in [2.05, 4.69) is 15.9 Å². The second kappa shape index (κ2) is 3.45. The third kappa shape index (κ3) is 1.48. The monoisotopic (exact) mass is 303 g/mol. The summed E-state index contributed by atoms with van der Waals surface area (Å²) in [7, 11) is -3.36. The van der Waals surface area contributed by atoms with Gasteiger partial charge in [-0.05, 0) is 24.6 Å². The molecule has 0 aliphatic carbocycles. The molecule has 2 aliphatic rings. The highest BCUT2D eigenvalue weighted by atomic mass is 79.9. The average molecular weight is 304 g/mol. The SMILES string of the molecule is O=S1(=O)c2ccc(Br)cc2O[C@H]2CCN1C2. The highest BCUT2D eigenvalue weighted by Gasteiger charge is 2.39. The lowest BCUT2D eigenvalue weighted by Crippen LogP contribution is -2.28. The van der Waals surface area contributed by atoms with Crippen LogP contribution in [0.4, 0.5) is 0 Å². The Kier molecular flexibility index (Phi) is 2.28. The van der Waals surface area contributed by atoms with E-state index in [9.17, 15) is 8.42 Å². The van der Waals surface area contributed by atoms with E-state index in [1.165, 1.54) is 4.31 Å². The number of benzene rings is 1. The smallest absolute Gasteiger partial charge is 0.246 e. The summed E-state index contributed by atoms with van der Waals surface area (Å²) in [5, 5.41) is 0. The van der Waals surface area contributed by atoms with Crippen LogP contribution in [0.25, 0.3) is 0 Å². The zero-order chi connectivity index (χ0) is 11.3. The van der Waals surface area contributed by atoms with E-state index >= 15 is 0 Å². The van der Waals surface area contributed by atoms with Crippen molar-refractivity contribution in [3.63, 3.8) is 0 Å². The molecule has 0 spiro atoms. The number of fused-ring (bicyclic) bond motifs is 3. The van der Waals surface area contributed by atoms with Crippen LogP contribution in [0.3, 0.4) is 0 Å². The Morgan fingerprint density at radius 3 is 3.06 bits per heavy atom. The van der Waals surface area contributed by atoms with Crippen molar-refractivity contribution in [3.05, 3.63) is 22.7 Å². The highest BCUT2D eigenvalue weighted by Crippen LogP contribution is 2.36. The molecule has 2 aliphatic heterocycles. The van der Waals surface area contributed by atoms with E-state index in [0.717, 1.165) is 10.9 Å². The van der Waals surface area contributed by atoms with Gasteiger partial charge in [0.05, 0.1) is 6.54 Å². The van der Waals surface area contributed by atoms with Crippen molar-refractivity contribution in [3.8, 4) is 5.75 Å². The summed E-state index contributed by atoms with van der Waals surface area (Å²) in [6.07, 6.45) is 0.760. The van der Waals surface area contributed by atoms with E-state index in [-0.39, 0.29) is 11.0 Å². The molecule has 1 fully saturated rings. The number of halogens is 1. The second-order valence-corrected chi connectivity index (χ2v) is 6.80. The summed E-state index contributed by atoms with van der Waals surface area (Å²) in [6.45, 7) is 1.02. The van der Waals surface area contributed by atoms with Gasteiger partial charge in [-0.2, -0.15) is 4.31 Å². The molecule has 3 rings (SSSR count). The molecule has 1 aromatic carbocycles. The Morgan fingerprint density at radius 2 is 2.25 bits per heavy atom. The zero-order valence-electron chi connectivity index (χ0n) is 8.39. The molecular weight excluding hydrogens is 294 g/mol. The second-order valence-electron chi connectivity index (χ2n) is 3.98. The first-order valence-electron chi connectivity index (χ1n) is 5.04. The standard InChI is InChI=1S/C10H10BrNO3S/c11-7-1-2-10-9(5-7)15-8-3-4-12(6-8)16(10,13)14/h1-2,5,8H,3-4,6H2/t8-/m0/s1. The summed E-state index contributed by atoms with van der Waals surface area (Å²) < 4.78 is 32.5. The lowest BCUT2D eigenvalue weighted by molar-refractivity contribution is 0.215. The Bertz CT molecular complexity index is 543. The molecule has 86 valence electrons. The molecule has 1 saturated heterocycles. The van der Waals surface area contributed by atoms with Gasteiger partial charge in [-0.1, -0.05) is 15.9 Å². The molecular formula is C10H10BrNO3S. The highest BCUT2D eigenvalue weighted by molar-refractivity contribution is 9.10. The minimum absolute atomic E-state index is 0.00896. The first kappa shape index (κ1) is 10.6. The number of ether oxygens (including phenoxy) is 1. The summed E-state index contributed by atoms with van der Waals surface area (Å²) in [5.74, 6) is 0.460. The molecule has 1 unspecified atom stereocenters. The van der Waals surface area contributed by atoms with E-state index in [0.29, 0.717) is 18.8 Å². The van der Waals surface area contributed by atoms with Crippen LogP contribution in [-0.2, 0) is 10.0 Å². The van der Waals surface area contributed by atoms with Crippen LogP contribution in [0, 0.1) is 0 Å². The van der Waals surface area contributed by atoms with Crippen molar-refractivity contribution in [2.24, 2.45) is 0 Å². The Balaban J connectivity index is 2.23. The minimum atomic E-state index is -3.36. The molecule has 2 heterocycles. The van der Waals surface area contributed by atoms with Gasteiger partial charge in [0, 0.05) is 11.0 Å². The molecule has 0 saturated carbocycles. The lowest BCUT2D eigenvalue weighted by Gasteiger charge is -2.16. The molecule has 2 atom stereocenters. The maximum absolute atomic E-state index is 12.2. The predicted molar refractivity (Wildman–Crippen MR) is 61.9 cm³/mol. The number of hydrogen-bond acceptors (Lipinski definition) is 3. The van der Waals surface area contributed by atoms with Crippen molar-refractivity contribution < 1.29 is 13.2 Å². The Morgan fingerprint density at radius 1 is 1.44 bits per heavy atom. The van der Waals surface area contributed by atoms with Crippen molar-refractivity contribution in [2.75, 3.05) is 13.1 Å². The van der Waals surface area contributed by atoms with Crippen LogP contribution in [0.15, 0.2) is 27.6 Å². The summed E-state index contributed by atoms with van der Waals surface area (Å²) in [6, 6.07) is 5.03. The van der Waals surface area contributed by atoms with E-state index in [1.54, 1.807) is 18.2 Å². The van der Waals surface area contributed by atoms with Crippen LogP contribution in [0.5, 0.6) is 5.75 Å². The quantitative estimate of drug-likeness (QED) is 0.731. The number of rotatable bonds is 0. The predicted octanol–water partition coefficient (Wildman–Crippen LogP) is 1.60. The Labute approximate surface area is 102 Å². The summed E-state index contributed by atoms with van der Waals surface area (Å²) >= 11 is 3.32. The van der Waals surface area contributed by atoms with E-state index < -0.39 is 10.0 Å². The third-order valence-electron chi connectivity index (χ3n) is 2.92. The van der Waals surface area contributed by atoms with Gasteiger partial charge in [0.2, 0.25) is 10.0 Å². The molecule has 1 aromatic rings. The van der Waals surface area contributed by atoms with Crippen LogP contribution >= 0.6 is 15.9 Å². The minimum Gasteiger partial charge on any atom is -0.488 e. The number of hydrogen-bond donors (Lipinski definition) is 0. The van der Waals surface area contributed by atoms with Crippen LogP contribution < -0.4 is 4.74 Å². The van der Waals surface area contributed by atoms with Gasteiger partial charge in [-0.25, -0.2) is 8.42 Å². The number of nitrogens with zero attached hydrogens (tertiary/aromatic N) is 1. The number of sulfonamides is 1. The maximum Gasteiger partial charge on any atom is 0.246 e. The van der Waals surface area contributed by atoms with Gasteiger partial charge < -0.3 is 4.74 Å². The molecule has 0 radical (unpaired) electrons. The van der Waals surface area contributed by atoms with Crippen LogP contribution in [0.1, 0.15) is 6.42 Å². The Hall–Kier alpha value is -0.590. The zero-order valence-corrected chi connectivity index (χ0v) is 10.8.